The standard InChI is InChI=1S/C19H31N3O.HI/c1-3-4-8-13-21-19(20-2)22-15-17-12-9-14-23-18(17)16-10-6-5-7-11-16;/h5-7,10-11,17-18H,3-4,8-9,12-15H2,1-2H3,(H2,20,21,22);1H. The minimum absolute atomic E-state index is 0. The lowest BCUT2D eigenvalue weighted by Gasteiger charge is -2.32. The van der Waals surface area contributed by atoms with Crippen molar-refractivity contribution in [2.24, 2.45) is 10.9 Å². The van der Waals surface area contributed by atoms with Gasteiger partial charge in [0, 0.05) is 32.7 Å². The maximum Gasteiger partial charge on any atom is 0.190 e. The van der Waals surface area contributed by atoms with Gasteiger partial charge in [-0.1, -0.05) is 50.1 Å². The molecule has 1 heterocycles. The molecule has 0 spiro atoms. The van der Waals surface area contributed by atoms with Crippen molar-refractivity contribution in [3.05, 3.63) is 35.9 Å². The Bertz CT molecular complexity index is 467. The summed E-state index contributed by atoms with van der Waals surface area (Å²) < 4.78 is 6.06. The molecule has 0 aliphatic carbocycles. The van der Waals surface area contributed by atoms with Crippen molar-refractivity contribution in [1.29, 1.82) is 0 Å². The first-order valence-electron chi connectivity index (χ1n) is 8.96. The Balaban J connectivity index is 0.00000288. The summed E-state index contributed by atoms with van der Waals surface area (Å²) in [6, 6.07) is 10.6. The minimum atomic E-state index is 0. The average Bonchev–Trinajstić information content (AvgIpc) is 2.62. The van der Waals surface area contributed by atoms with Gasteiger partial charge in [-0.3, -0.25) is 4.99 Å². The fourth-order valence-corrected chi connectivity index (χ4v) is 3.09. The van der Waals surface area contributed by atoms with Crippen molar-refractivity contribution < 1.29 is 4.74 Å². The zero-order chi connectivity index (χ0) is 16.3. The van der Waals surface area contributed by atoms with Crippen molar-refractivity contribution >= 4 is 29.9 Å². The molecule has 5 heteroatoms. The summed E-state index contributed by atoms with van der Waals surface area (Å²) in [5.74, 6) is 1.39. The molecule has 4 nitrogen and oxygen atoms in total. The van der Waals surface area contributed by atoms with Gasteiger partial charge in [-0.2, -0.15) is 0 Å². The quantitative estimate of drug-likeness (QED) is 0.287. The van der Waals surface area contributed by atoms with Crippen LogP contribution in [0.4, 0.5) is 0 Å². The van der Waals surface area contributed by atoms with Crippen LogP contribution in [0, 0.1) is 5.92 Å². The van der Waals surface area contributed by atoms with Crippen molar-refractivity contribution in [3.63, 3.8) is 0 Å². The van der Waals surface area contributed by atoms with E-state index in [0.717, 1.165) is 32.1 Å². The van der Waals surface area contributed by atoms with Gasteiger partial charge in [-0.05, 0) is 24.8 Å². The lowest BCUT2D eigenvalue weighted by atomic mass is 9.89. The van der Waals surface area contributed by atoms with E-state index in [-0.39, 0.29) is 30.1 Å². The number of hydrogen-bond donors (Lipinski definition) is 2. The van der Waals surface area contributed by atoms with Crippen LogP contribution in [-0.4, -0.2) is 32.7 Å². The molecule has 2 N–H and O–H groups in total. The van der Waals surface area contributed by atoms with E-state index in [9.17, 15) is 0 Å². The van der Waals surface area contributed by atoms with Crippen LogP contribution >= 0.6 is 24.0 Å². The number of ether oxygens (including phenoxy) is 1. The van der Waals surface area contributed by atoms with E-state index in [1.165, 1.54) is 31.2 Å². The molecular formula is C19H32IN3O. The highest BCUT2D eigenvalue weighted by Gasteiger charge is 2.27. The maximum atomic E-state index is 6.06. The zero-order valence-corrected chi connectivity index (χ0v) is 17.3. The van der Waals surface area contributed by atoms with Crippen LogP contribution in [0.2, 0.25) is 0 Å². The van der Waals surface area contributed by atoms with Gasteiger partial charge in [0.05, 0.1) is 6.10 Å². The minimum Gasteiger partial charge on any atom is -0.373 e. The predicted octanol–water partition coefficient (Wildman–Crippen LogP) is 4.13. The number of nitrogens with zero attached hydrogens (tertiary/aromatic N) is 1. The molecule has 0 aromatic heterocycles. The first kappa shape index (κ1) is 21.2. The molecule has 1 aliphatic heterocycles. The molecule has 2 rings (SSSR count). The Kier molecular flexibility index (Phi) is 11.1. The van der Waals surface area contributed by atoms with E-state index >= 15 is 0 Å². The molecular weight excluding hydrogens is 413 g/mol. The number of aliphatic imine (C=N–C) groups is 1. The Morgan fingerprint density at radius 3 is 2.71 bits per heavy atom. The van der Waals surface area contributed by atoms with Gasteiger partial charge in [-0.25, -0.2) is 0 Å². The first-order chi connectivity index (χ1) is 11.3. The van der Waals surface area contributed by atoms with Crippen LogP contribution < -0.4 is 10.6 Å². The monoisotopic (exact) mass is 445 g/mol. The van der Waals surface area contributed by atoms with Crippen LogP contribution in [0.25, 0.3) is 0 Å². The van der Waals surface area contributed by atoms with Crippen LogP contribution in [0.15, 0.2) is 35.3 Å². The molecule has 2 unspecified atom stereocenters. The van der Waals surface area contributed by atoms with Gasteiger partial charge >= 0.3 is 0 Å². The summed E-state index contributed by atoms with van der Waals surface area (Å²) >= 11 is 0. The van der Waals surface area contributed by atoms with E-state index in [4.69, 9.17) is 4.74 Å². The van der Waals surface area contributed by atoms with Crippen LogP contribution in [-0.2, 0) is 4.74 Å². The Hall–Kier alpha value is -0.820. The van der Waals surface area contributed by atoms with E-state index < -0.39 is 0 Å². The highest BCUT2D eigenvalue weighted by molar-refractivity contribution is 14.0. The summed E-state index contributed by atoms with van der Waals surface area (Å²) in [6.45, 7) is 4.96. The lowest BCUT2D eigenvalue weighted by Crippen LogP contribution is -2.42. The van der Waals surface area contributed by atoms with Gasteiger partial charge in [0.15, 0.2) is 5.96 Å². The molecule has 0 saturated carbocycles. The Morgan fingerprint density at radius 1 is 1.21 bits per heavy atom. The van der Waals surface area contributed by atoms with E-state index in [1.807, 2.05) is 7.05 Å². The van der Waals surface area contributed by atoms with Crippen LogP contribution in [0.5, 0.6) is 0 Å². The summed E-state index contributed by atoms with van der Waals surface area (Å²) in [6.07, 6.45) is 6.21. The largest absolute Gasteiger partial charge is 0.373 e. The highest BCUT2D eigenvalue weighted by atomic mass is 127. The Morgan fingerprint density at radius 2 is 2.00 bits per heavy atom. The van der Waals surface area contributed by atoms with Gasteiger partial charge in [0.2, 0.25) is 0 Å². The number of hydrogen-bond acceptors (Lipinski definition) is 2. The van der Waals surface area contributed by atoms with E-state index in [0.29, 0.717) is 5.92 Å². The third-order valence-corrected chi connectivity index (χ3v) is 4.40. The number of unbranched alkanes of at least 4 members (excludes halogenated alkanes) is 2. The fourth-order valence-electron chi connectivity index (χ4n) is 3.09. The molecule has 1 aromatic rings. The van der Waals surface area contributed by atoms with Crippen molar-refractivity contribution in [3.8, 4) is 0 Å². The van der Waals surface area contributed by atoms with Crippen LogP contribution in [0.3, 0.4) is 0 Å². The van der Waals surface area contributed by atoms with E-state index in [2.05, 4.69) is 52.9 Å². The summed E-state index contributed by atoms with van der Waals surface area (Å²) in [4.78, 5) is 4.32. The van der Waals surface area contributed by atoms with Crippen molar-refractivity contribution in [1.82, 2.24) is 10.6 Å². The molecule has 1 aliphatic rings. The number of nitrogens with one attached hydrogen (secondary N) is 2. The highest BCUT2D eigenvalue weighted by Crippen LogP contribution is 2.32. The lowest BCUT2D eigenvalue weighted by molar-refractivity contribution is -0.0265. The van der Waals surface area contributed by atoms with Gasteiger partial charge in [0.25, 0.3) is 0 Å². The summed E-state index contributed by atoms with van der Waals surface area (Å²) in [7, 11) is 1.83. The molecule has 24 heavy (non-hydrogen) atoms. The molecule has 1 saturated heterocycles. The second-order valence-electron chi connectivity index (χ2n) is 6.19. The van der Waals surface area contributed by atoms with Crippen molar-refractivity contribution in [2.45, 2.75) is 45.1 Å². The topological polar surface area (TPSA) is 45.7 Å². The van der Waals surface area contributed by atoms with Gasteiger partial charge < -0.3 is 15.4 Å². The first-order valence-corrected chi connectivity index (χ1v) is 8.96. The normalized spacial score (nSPS) is 21.0. The van der Waals surface area contributed by atoms with Crippen LogP contribution in [0.1, 0.15) is 50.7 Å². The second-order valence-corrected chi connectivity index (χ2v) is 6.19. The SMILES string of the molecule is CCCCCNC(=NC)NCC1CCCOC1c1ccccc1.I. The third-order valence-electron chi connectivity index (χ3n) is 4.40. The average molecular weight is 445 g/mol. The molecule has 0 amide bonds. The Labute approximate surface area is 163 Å². The molecule has 1 aromatic carbocycles. The predicted molar refractivity (Wildman–Crippen MR) is 112 cm³/mol. The smallest absolute Gasteiger partial charge is 0.190 e. The molecule has 0 bridgehead atoms. The number of halogens is 1. The zero-order valence-electron chi connectivity index (χ0n) is 15.0. The molecule has 0 radical (unpaired) electrons. The molecule has 136 valence electrons. The third kappa shape index (κ3) is 6.97. The number of benzene rings is 1. The van der Waals surface area contributed by atoms with Gasteiger partial charge in [-0.15, -0.1) is 24.0 Å². The fraction of sp³-hybridized carbons (Fsp3) is 0.632. The summed E-state index contributed by atoms with van der Waals surface area (Å²) in [5, 5.41) is 6.87. The van der Waals surface area contributed by atoms with E-state index in [1.54, 1.807) is 0 Å². The number of rotatable bonds is 7. The molecule has 1 fully saturated rings. The number of guanidine groups is 1. The summed E-state index contributed by atoms with van der Waals surface area (Å²) in [5.41, 5.74) is 1.28. The maximum absolute atomic E-state index is 6.06. The van der Waals surface area contributed by atoms with Crippen molar-refractivity contribution in [2.75, 3.05) is 26.7 Å². The second kappa shape index (κ2) is 12.5. The molecule has 2 atom stereocenters. The van der Waals surface area contributed by atoms with Gasteiger partial charge in [0.1, 0.15) is 0 Å².